The van der Waals surface area contributed by atoms with E-state index in [0.29, 0.717) is 18.3 Å². The average molecular weight is 302 g/mol. The third-order valence-corrected chi connectivity index (χ3v) is 4.03. The fraction of sp³-hybridized carbons (Fsp3) is 0.562. The summed E-state index contributed by atoms with van der Waals surface area (Å²) in [5.41, 5.74) is 0.457. The van der Waals surface area contributed by atoms with Gasteiger partial charge >= 0.3 is 0 Å². The molecule has 0 unspecified atom stereocenters. The molecular formula is C16H22N4O2. The van der Waals surface area contributed by atoms with E-state index in [0.717, 1.165) is 43.6 Å². The van der Waals surface area contributed by atoms with Crippen LogP contribution in [0.15, 0.2) is 22.9 Å². The molecule has 2 aromatic rings. The SMILES string of the molecule is CCNc1ccc(-c2noc(C3(OCC)CCCC3)n2)cn1. The van der Waals surface area contributed by atoms with Crippen LogP contribution in [0.1, 0.15) is 45.4 Å². The van der Waals surface area contributed by atoms with Crippen LogP contribution in [0.5, 0.6) is 0 Å². The Morgan fingerprint density at radius 3 is 2.73 bits per heavy atom. The van der Waals surface area contributed by atoms with Crippen LogP contribution in [0, 0.1) is 0 Å². The lowest BCUT2D eigenvalue weighted by Crippen LogP contribution is -2.26. The summed E-state index contributed by atoms with van der Waals surface area (Å²) in [5, 5.41) is 7.27. The summed E-state index contributed by atoms with van der Waals surface area (Å²) in [6.07, 6.45) is 5.92. The molecule has 1 N–H and O–H groups in total. The van der Waals surface area contributed by atoms with E-state index in [1.807, 2.05) is 26.0 Å². The molecule has 0 aromatic carbocycles. The second-order valence-electron chi connectivity index (χ2n) is 5.52. The Hall–Kier alpha value is -1.95. The summed E-state index contributed by atoms with van der Waals surface area (Å²) in [6, 6.07) is 3.87. The van der Waals surface area contributed by atoms with Crippen LogP contribution in [0.3, 0.4) is 0 Å². The molecule has 1 aliphatic rings. The molecule has 6 heteroatoms. The summed E-state index contributed by atoms with van der Waals surface area (Å²) in [6.45, 7) is 5.53. The number of anilines is 1. The van der Waals surface area contributed by atoms with Crippen molar-refractivity contribution < 1.29 is 9.26 Å². The maximum absolute atomic E-state index is 5.95. The smallest absolute Gasteiger partial charge is 0.259 e. The molecule has 0 saturated heterocycles. The number of hydrogen-bond acceptors (Lipinski definition) is 6. The highest BCUT2D eigenvalue weighted by Gasteiger charge is 2.41. The molecule has 22 heavy (non-hydrogen) atoms. The maximum Gasteiger partial charge on any atom is 0.259 e. The van der Waals surface area contributed by atoms with E-state index >= 15 is 0 Å². The fourth-order valence-corrected chi connectivity index (χ4v) is 2.98. The first-order chi connectivity index (χ1) is 10.8. The zero-order chi connectivity index (χ0) is 15.4. The van der Waals surface area contributed by atoms with Gasteiger partial charge in [-0.25, -0.2) is 4.98 Å². The third-order valence-electron chi connectivity index (χ3n) is 4.03. The van der Waals surface area contributed by atoms with Gasteiger partial charge in [0.2, 0.25) is 5.82 Å². The van der Waals surface area contributed by atoms with E-state index in [1.54, 1.807) is 6.20 Å². The fourth-order valence-electron chi connectivity index (χ4n) is 2.98. The van der Waals surface area contributed by atoms with E-state index in [1.165, 1.54) is 0 Å². The van der Waals surface area contributed by atoms with Gasteiger partial charge in [0.15, 0.2) is 0 Å². The van der Waals surface area contributed by atoms with Gasteiger partial charge < -0.3 is 14.6 Å². The molecule has 0 spiro atoms. The Bertz CT molecular complexity index is 603. The van der Waals surface area contributed by atoms with Gasteiger partial charge in [-0.1, -0.05) is 5.16 Å². The minimum absolute atomic E-state index is 0.392. The van der Waals surface area contributed by atoms with Crippen LogP contribution in [0.4, 0.5) is 5.82 Å². The Kier molecular flexibility index (Phi) is 4.38. The van der Waals surface area contributed by atoms with Crippen LogP contribution in [0.2, 0.25) is 0 Å². The summed E-state index contributed by atoms with van der Waals surface area (Å²) in [7, 11) is 0. The van der Waals surface area contributed by atoms with Gasteiger partial charge in [0.05, 0.1) is 0 Å². The highest BCUT2D eigenvalue weighted by atomic mass is 16.5. The first-order valence-corrected chi connectivity index (χ1v) is 7.96. The zero-order valence-corrected chi connectivity index (χ0v) is 13.1. The summed E-state index contributed by atoms with van der Waals surface area (Å²) in [5.74, 6) is 2.01. The van der Waals surface area contributed by atoms with Gasteiger partial charge in [-0.15, -0.1) is 0 Å². The molecule has 0 bridgehead atoms. The lowest BCUT2D eigenvalue weighted by molar-refractivity contribution is -0.0610. The lowest BCUT2D eigenvalue weighted by atomic mass is 10.0. The van der Waals surface area contributed by atoms with Gasteiger partial charge in [-0.05, 0) is 51.7 Å². The molecule has 2 aromatic heterocycles. The quantitative estimate of drug-likeness (QED) is 0.882. The van der Waals surface area contributed by atoms with Crippen molar-refractivity contribution >= 4 is 5.82 Å². The van der Waals surface area contributed by atoms with Crippen LogP contribution >= 0.6 is 0 Å². The van der Waals surface area contributed by atoms with E-state index in [9.17, 15) is 0 Å². The van der Waals surface area contributed by atoms with Gasteiger partial charge in [0.25, 0.3) is 5.89 Å². The van der Waals surface area contributed by atoms with Crippen molar-refractivity contribution in [3.05, 3.63) is 24.2 Å². The largest absolute Gasteiger partial charge is 0.370 e. The first-order valence-electron chi connectivity index (χ1n) is 7.96. The van der Waals surface area contributed by atoms with Gasteiger partial charge in [-0.2, -0.15) is 4.98 Å². The molecule has 6 nitrogen and oxygen atoms in total. The van der Waals surface area contributed by atoms with Crippen molar-refractivity contribution in [3.63, 3.8) is 0 Å². The molecule has 2 heterocycles. The van der Waals surface area contributed by atoms with Crippen molar-refractivity contribution in [2.75, 3.05) is 18.5 Å². The van der Waals surface area contributed by atoms with Crippen molar-refractivity contribution in [1.29, 1.82) is 0 Å². The molecule has 118 valence electrons. The number of nitrogens with zero attached hydrogens (tertiary/aromatic N) is 3. The highest BCUT2D eigenvalue weighted by Crippen LogP contribution is 2.41. The van der Waals surface area contributed by atoms with Gasteiger partial charge in [0.1, 0.15) is 11.4 Å². The lowest BCUT2D eigenvalue weighted by Gasteiger charge is -2.24. The molecule has 0 atom stereocenters. The first kappa shape index (κ1) is 15.0. The maximum atomic E-state index is 5.95. The van der Waals surface area contributed by atoms with E-state index in [2.05, 4.69) is 20.4 Å². The number of rotatable bonds is 6. The van der Waals surface area contributed by atoms with E-state index in [-0.39, 0.29) is 0 Å². The van der Waals surface area contributed by atoms with Gasteiger partial charge in [-0.3, -0.25) is 0 Å². The molecule has 3 rings (SSSR count). The molecular weight excluding hydrogens is 280 g/mol. The number of pyridine rings is 1. The zero-order valence-electron chi connectivity index (χ0n) is 13.1. The van der Waals surface area contributed by atoms with E-state index < -0.39 is 5.60 Å². The Morgan fingerprint density at radius 2 is 2.09 bits per heavy atom. The monoisotopic (exact) mass is 302 g/mol. The summed E-state index contributed by atoms with van der Waals surface area (Å²) in [4.78, 5) is 8.91. The molecule has 0 radical (unpaired) electrons. The number of hydrogen-bond donors (Lipinski definition) is 1. The van der Waals surface area contributed by atoms with Crippen LogP contribution in [-0.2, 0) is 10.3 Å². The molecule has 0 aliphatic heterocycles. The predicted molar refractivity (Wildman–Crippen MR) is 83.5 cm³/mol. The van der Waals surface area contributed by atoms with Crippen molar-refractivity contribution in [3.8, 4) is 11.4 Å². The second kappa shape index (κ2) is 6.44. The average Bonchev–Trinajstić information content (AvgIpc) is 3.18. The summed E-state index contributed by atoms with van der Waals surface area (Å²) < 4.78 is 11.5. The molecule has 1 saturated carbocycles. The third kappa shape index (κ3) is 2.83. The van der Waals surface area contributed by atoms with Crippen molar-refractivity contribution in [2.24, 2.45) is 0 Å². The Morgan fingerprint density at radius 1 is 1.27 bits per heavy atom. The molecule has 1 aliphatic carbocycles. The molecule has 0 amide bonds. The van der Waals surface area contributed by atoms with Crippen molar-refractivity contribution in [2.45, 2.75) is 45.1 Å². The number of aromatic nitrogens is 3. The highest BCUT2D eigenvalue weighted by molar-refractivity contribution is 5.55. The number of nitrogens with one attached hydrogen (secondary N) is 1. The number of ether oxygens (including phenoxy) is 1. The second-order valence-corrected chi connectivity index (χ2v) is 5.52. The minimum Gasteiger partial charge on any atom is -0.370 e. The van der Waals surface area contributed by atoms with Crippen molar-refractivity contribution in [1.82, 2.24) is 15.1 Å². The normalized spacial score (nSPS) is 16.8. The Labute approximate surface area is 130 Å². The predicted octanol–water partition coefficient (Wildman–Crippen LogP) is 3.37. The van der Waals surface area contributed by atoms with E-state index in [4.69, 9.17) is 9.26 Å². The van der Waals surface area contributed by atoms with Crippen LogP contribution in [0.25, 0.3) is 11.4 Å². The Balaban J connectivity index is 1.83. The summed E-state index contributed by atoms with van der Waals surface area (Å²) >= 11 is 0. The topological polar surface area (TPSA) is 73.1 Å². The molecule has 1 fully saturated rings. The van der Waals surface area contributed by atoms with Crippen LogP contribution < -0.4 is 5.32 Å². The van der Waals surface area contributed by atoms with Crippen LogP contribution in [-0.4, -0.2) is 28.3 Å². The standard InChI is InChI=1S/C16H22N4O2/c1-3-17-13-8-7-12(11-18-13)14-19-15(22-20-14)16(21-4-2)9-5-6-10-16/h7-8,11H,3-6,9-10H2,1-2H3,(H,17,18). The minimum atomic E-state index is -0.392. The van der Waals surface area contributed by atoms with Gasteiger partial charge in [0, 0.05) is 24.9 Å².